The summed E-state index contributed by atoms with van der Waals surface area (Å²) in [6.45, 7) is 0.576. The fourth-order valence-corrected chi connectivity index (χ4v) is 2.76. The number of carbonyl (C=O) groups excluding carboxylic acids is 1. The second-order valence-electron chi connectivity index (χ2n) is 4.95. The maximum absolute atomic E-state index is 11.7. The van der Waals surface area contributed by atoms with E-state index in [2.05, 4.69) is 21.0 Å². The maximum atomic E-state index is 11.7. The lowest BCUT2D eigenvalue weighted by Gasteiger charge is -2.02. The van der Waals surface area contributed by atoms with Gasteiger partial charge in [-0.05, 0) is 17.7 Å². The van der Waals surface area contributed by atoms with E-state index >= 15 is 0 Å². The molecular formula is C17H14BrN3O. The van der Waals surface area contributed by atoms with E-state index in [1.165, 1.54) is 0 Å². The smallest absolute Gasteiger partial charge is 0.252 e. The van der Waals surface area contributed by atoms with E-state index in [1.807, 2.05) is 54.6 Å². The highest BCUT2D eigenvalue weighted by Crippen LogP contribution is 2.22. The maximum Gasteiger partial charge on any atom is 0.252 e. The first-order valence-electron chi connectivity index (χ1n) is 6.80. The number of aromatic nitrogens is 2. The summed E-state index contributed by atoms with van der Waals surface area (Å²) in [6, 6.07) is 17.5. The fourth-order valence-electron chi connectivity index (χ4n) is 2.31. The molecule has 1 amide bonds. The Hall–Kier alpha value is -2.40. The average molecular weight is 356 g/mol. The summed E-state index contributed by atoms with van der Waals surface area (Å²) in [7, 11) is 0. The molecule has 0 unspecified atom stereocenters. The van der Waals surface area contributed by atoms with E-state index in [4.69, 9.17) is 5.73 Å². The molecule has 5 heteroatoms. The molecule has 1 aromatic heterocycles. The van der Waals surface area contributed by atoms with Gasteiger partial charge in [-0.15, -0.1) is 0 Å². The molecule has 0 radical (unpaired) electrons. The molecule has 3 aromatic rings. The van der Waals surface area contributed by atoms with Gasteiger partial charge in [0.15, 0.2) is 0 Å². The van der Waals surface area contributed by atoms with Gasteiger partial charge in [0.2, 0.25) is 0 Å². The SMILES string of the molecule is NC(=O)c1cn(Cc2cccc(Br)c2)nc1-c1ccccc1. The quantitative estimate of drug-likeness (QED) is 0.778. The van der Waals surface area contributed by atoms with Crippen molar-refractivity contribution in [3.8, 4) is 11.3 Å². The Labute approximate surface area is 136 Å². The van der Waals surface area contributed by atoms with Gasteiger partial charge in [-0.2, -0.15) is 5.10 Å². The highest BCUT2D eigenvalue weighted by atomic mass is 79.9. The van der Waals surface area contributed by atoms with Crippen LogP contribution in [0.5, 0.6) is 0 Å². The fraction of sp³-hybridized carbons (Fsp3) is 0.0588. The normalized spacial score (nSPS) is 10.6. The number of primary amides is 1. The Morgan fingerprint density at radius 1 is 1.14 bits per heavy atom. The van der Waals surface area contributed by atoms with E-state index in [1.54, 1.807) is 10.9 Å². The Bertz CT molecular complexity index is 812. The number of hydrogen-bond acceptors (Lipinski definition) is 2. The standard InChI is InChI=1S/C17H14BrN3O/c18-14-8-4-5-12(9-14)10-21-11-15(17(19)22)16(20-21)13-6-2-1-3-7-13/h1-9,11H,10H2,(H2,19,22). The molecule has 110 valence electrons. The Balaban J connectivity index is 1.99. The number of nitrogens with zero attached hydrogens (tertiary/aromatic N) is 2. The van der Waals surface area contributed by atoms with E-state index in [9.17, 15) is 4.79 Å². The molecular weight excluding hydrogens is 342 g/mol. The van der Waals surface area contributed by atoms with Gasteiger partial charge in [0.25, 0.3) is 5.91 Å². The molecule has 4 nitrogen and oxygen atoms in total. The first-order chi connectivity index (χ1) is 10.6. The summed E-state index contributed by atoms with van der Waals surface area (Å²) in [5.41, 5.74) is 8.50. The van der Waals surface area contributed by atoms with Gasteiger partial charge in [-0.1, -0.05) is 58.4 Å². The van der Waals surface area contributed by atoms with E-state index in [0.717, 1.165) is 15.6 Å². The zero-order valence-electron chi connectivity index (χ0n) is 11.7. The lowest BCUT2D eigenvalue weighted by atomic mass is 10.1. The molecule has 2 N–H and O–H groups in total. The van der Waals surface area contributed by atoms with Crippen LogP contribution in [0.1, 0.15) is 15.9 Å². The molecule has 0 spiro atoms. The number of halogens is 1. The molecule has 1 heterocycles. The van der Waals surface area contributed by atoms with E-state index in [0.29, 0.717) is 17.8 Å². The highest BCUT2D eigenvalue weighted by Gasteiger charge is 2.15. The number of benzene rings is 2. The first kappa shape index (κ1) is 14.5. The number of carbonyl (C=O) groups is 1. The molecule has 0 fully saturated rings. The van der Waals surface area contributed by atoms with Gasteiger partial charge in [-0.25, -0.2) is 0 Å². The molecule has 0 bridgehead atoms. The van der Waals surface area contributed by atoms with E-state index < -0.39 is 5.91 Å². The second kappa shape index (κ2) is 6.15. The average Bonchev–Trinajstić information content (AvgIpc) is 2.92. The lowest BCUT2D eigenvalue weighted by molar-refractivity contribution is 0.100. The van der Waals surface area contributed by atoms with Crippen molar-refractivity contribution in [1.82, 2.24) is 9.78 Å². The molecule has 22 heavy (non-hydrogen) atoms. The minimum absolute atomic E-state index is 0.432. The molecule has 3 rings (SSSR count). The van der Waals surface area contributed by atoms with Crippen molar-refractivity contribution in [2.24, 2.45) is 5.73 Å². The van der Waals surface area contributed by atoms with Crippen LogP contribution < -0.4 is 5.73 Å². The molecule has 0 saturated heterocycles. The Morgan fingerprint density at radius 3 is 2.59 bits per heavy atom. The van der Waals surface area contributed by atoms with Crippen LogP contribution in [-0.2, 0) is 6.54 Å². The number of hydrogen-bond donors (Lipinski definition) is 1. The minimum atomic E-state index is -0.473. The molecule has 0 aliphatic heterocycles. The summed E-state index contributed by atoms with van der Waals surface area (Å²) >= 11 is 3.45. The van der Waals surface area contributed by atoms with Gasteiger partial charge in [0.05, 0.1) is 12.1 Å². The predicted octanol–water partition coefficient (Wildman–Crippen LogP) is 3.46. The monoisotopic (exact) mass is 355 g/mol. The van der Waals surface area contributed by atoms with Gasteiger partial charge < -0.3 is 5.73 Å². The Kier molecular flexibility index (Phi) is 4.06. The Morgan fingerprint density at radius 2 is 1.91 bits per heavy atom. The molecule has 0 aliphatic rings. The molecule has 0 aliphatic carbocycles. The van der Waals surface area contributed by atoms with Crippen LogP contribution in [0.25, 0.3) is 11.3 Å². The third kappa shape index (κ3) is 3.09. The predicted molar refractivity (Wildman–Crippen MR) is 89.4 cm³/mol. The molecule has 0 saturated carbocycles. The second-order valence-corrected chi connectivity index (χ2v) is 5.86. The zero-order chi connectivity index (χ0) is 15.5. The summed E-state index contributed by atoms with van der Waals surface area (Å²) in [5.74, 6) is -0.473. The van der Waals surface area contributed by atoms with Crippen molar-refractivity contribution >= 4 is 21.8 Å². The van der Waals surface area contributed by atoms with Crippen molar-refractivity contribution < 1.29 is 4.79 Å². The van der Waals surface area contributed by atoms with Crippen LogP contribution in [0.4, 0.5) is 0 Å². The van der Waals surface area contributed by atoms with Crippen molar-refractivity contribution in [1.29, 1.82) is 0 Å². The third-order valence-corrected chi connectivity index (χ3v) is 3.80. The zero-order valence-corrected chi connectivity index (χ0v) is 13.3. The molecule has 0 atom stereocenters. The van der Waals surface area contributed by atoms with Crippen molar-refractivity contribution in [2.75, 3.05) is 0 Å². The summed E-state index contributed by atoms with van der Waals surface area (Å²) in [4.78, 5) is 11.7. The number of rotatable bonds is 4. The first-order valence-corrected chi connectivity index (χ1v) is 7.60. The minimum Gasteiger partial charge on any atom is -0.365 e. The van der Waals surface area contributed by atoms with Crippen LogP contribution in [0.15, 0.2) is 65.3 Å². The highest BCUT2D eigenvalue weighted by molar-refractivity contribution is 9.10. The van der Waals surface area contributed by atoms with Gasteiger partial charge >= 0.3 is 0 Å². The van der Waals surface area contributed by atoms with Crippen LogP contribution in [0.2, 0.25) is 0 Å². The third-order valence-electron chi connectivity index (χ3n) is 3.31. The number of nitrogens with two attached hydrogens (primary N) is 1. The van der Waals surface area contributed by atoms with Crippen molar-refractivity contribution in [3.63, 3.8) is 0 Å². The van der Waals surface area contributed by atoms with Gasteiger partial charge in [0.1, 0.15) is 5.69 Å². The molecule has 2 aromatic carbocycles. The van der Waals surface area contributed by atoms with Crippen LogP contribution in [0.3, 0.4) is 0 Å². The topological polar surface area (TPSA) is 60.9 Å². The largest absolute Gasteiger partial charge is 0.365 e. The lowest BCUT2D eigenvalue weighted by Crippen LogP contribution is -2.11. The van der Waals surface area contributed by atoms with Crippen molar-refractivity contribution in [2.45, 2.75) is 6.54 Å². The van der Waals surface area contributed by atoms with E-state index in [-0.39, 0.29) is 0 Å². The van der Waals surface area contributed by atoms with Gasteiger partial charge in [-0.3, -0.25) is 9.48 Å². The number of amides is 1. The summed E-state index contributed by atoms with van der Waals surface area (Å²) < 4.78 is 2.75. The van der Waals surface area contributed by atoms with Crippen LogP contribution >= 0.6 is 15.9 Å². The summed E-state index contributed by atoms with van der Waals surface area (Å²) in [5, 5.41) is 4.53. The van der Waals surface area contributed by atoms with Gasteiger partial charge in [0, 0.05) is 16.2 Å². The van der Waals surface area contributed by atoms with Crippen LogP contribution in [0, 0.1) is 0 Å². The van der Waals surface area contributed by atoms with Crippen LogP contribution in [-0.4, -0.2) is 15.7 Å². The van der Waals surface area contributed by atoms with Crippen molar-refractivity contribution in [3.05, 3.63) is 76.4 Å². The summed E-state index contributed by atoms with van der Waals surface area (Å²) in [6.07, 6.45) is 1.70.